The predicted molar refractivity (Wildman–Crippen MR) is 81.2 cm³/mol. The van der Waals surface area contributed by atoms with Crippen molar-refractivity contribution in [2.75, 3.05) is 0 Å². The Morgan fingerprint density at radius 1 is 1.14 bits per heavy atom. The second-order valence-corrected chi connectivity index (χ2v) is 6.02. The molecule has 0 saturated carbocycles. The lowest BCUT2D eigenvalue weighted by atomic mass is 9.96. The van der Waals surface area contributed by atoms with Gasteiger partial charge in [-0.1, -0.05) is 19.9 Å². The van der Waals surface area contributed by atoms with Crippen LogP contribution in [-0.2, 0) is 6.54 Å². The van der Waals surface area contributed by atoms with Gasteiger partial charge in [0.05, 0.1) is 6.54 Å². The average molecular weight is 308 g/mol. The first-order valence-electron chi connectivity index (χ1n) is 7.47. The molecule has 2 rings (SSSR count). The lowest BCUT2D eigenvalue weighted by Crippen LogP contribution is -2.27. The van der Waals surface area contributed by atoms with Gasteiger partial charge < -0.3 is 9.88 Å². The molecule has 22 heavy (non-hydrogen) atoms. The summed E-state index contributed by atoms with van der Waals surface area (Å²) < 4.78 is 28.5. The fourth-order valence-corrected chi connectivity index (χ4v) is 2.47. The highest BCUT2D eigenvalue weighted by molar-refractivity contribution is 5.22. The van der Waals surface area contributed by atoms with Gasteiger partial charge in [0.15, 0.2) is 11.6 Å². The minimum absolute atomic E-state index is 0.0904. The molecule has 1 aromatic carbocycles. The van der Waals surface area contributed by atoms with E-state index < -0.39 is 11.6 Å². The van der Waals surface area contributed by atoms with Crippen LogP contribution in [-0.4, -0.2) is 14.8 Å². The molecule has 2 aromatic rings. The highest BCUT2D eigenvalue weighted by atomic mass is 19.2. The van der Waals surface area contributed by atoms with Gasteiger partial charge in [0.2, 0.25) is 0 Å². The number of benzene rings is 1. The summed E-state index contributed by atoms with van der Waals surface area (Å²) in [5.41, 5.74) is 0.726. The van der Waals surface area contributed by atoms with Crippen LogP contribution < -0.4 is 5.32 Å². The van der Waals surface area contributed by atoms with Gasteiger partial charge in [0.1, 0.15) is 12.2 Å². The molecule has 0 aliphatic heterocycles. The first-order chi connectivity index (χ1) is 10.4. The van der Waals surface area contributed by atoms with Crippen LogP contribution in [0.4, 0.5) is 8.78 Å². The molecule has 0 aliphatic rings. The summed E-state index contributed by atoms with van der Waals surface area (Å²) in [7, 11) is 0. The van der Waals surface area contributed by atoms with E-state index in [9.17, 15) is 8.78 Å². The average Bonchev–Trinajstić information content (AvgIpc) is 2.91. The van der Waals surface area contributed by atoms with Crippen molar-refractivity contribution in [1.82, 2.24) is 20.1 Å². The van der Waals surface area contributed by atoms with Crippen LogP contribution in [0.1, 0.15) is 51.2 Å². The Labute approximate surface area is 129 Å². The van der Waals surface area contributed by atoms with Gasteiger partial charge >= 0.3 is 0 Å². The molecule has 1 heterocycles. The standard InChI is InChI=1S/C16H22F2N4/c1-10(2)16(12-5-6-13(17)14(18)7-12)19-8-15-21-20-9-22(15)11(3)4/h5-7,9-11,16,19H,8H2,1-4H3. The molecule has 120 valence electrons. The third kappa shape index (κ3) is 3.68. The molecule has 0 radical (unpaired) electrons. The van der Waals surface area contributed by atoms with Crippen LogP contribution in [0.25, 0.3) is 0 Å². The first-order valence-corrected chi connectivity index (χ1v) is 7.47. The SMILES string of the molecule is CC(C)C(NCc1nncn1C(C)C)c1ccc(F)c(F)c1. The first kappa shape index (κ1) is 16.5. The number of hydrogen-bond acceptors (Lipinski definition) is 3. The van der Waals surface area contributed by atoms with Gasteiger partial charge in [-0.15, -0.1) is 10.2 Å². The van der Waals surface area contributed by atoms with Gasteiger partial charge in [-0.3, -0.25) is 0 Å². The van der Waals surface area contributed by atoms with E-state index in [1.807, 2.05) is 18.4 Å². The number of aromatic nitrogens is 3. The lowest BCUT2D eigenvalue weighted by Gasteiger charge is -2.23. The molecule has 0 bridgehead atoms. The zero-order chi connectivity index (χ0) is 16.3. The third-order valence-electron chi connectivity index (χ3n) is 3.65. The van der Waals surface area contributed by atoms with Crippen LogP contribution in [0.5, 0.6) is 0 Å². The molecule has 0 amide bonds. The molecular weight excluding hydrogens is 286 g/mol. The van der Waals surface area contributed by atoms with Gasteiger partial charge in [-0.25, -0.2) is 8.78 Å². The molecule has 0 fully saturated rings. The Hall–Kier alpha value is -1.82. The Morgan fingerprint density at radius 3 is 2.45 bits per heavy atom. The number of nitrogens with zero attached hydrogens (tertiary/aromatic N) is 3. The van der Waals surface area contributed by atoms with Crippen molar-refractivity contribution in [3.63, 3.8) is 0 Å². The molecule has 1 atom stereocenters. The van der Waals surface area contributed by atoms with Crippen molar-refractivity contribution in [1.29, 1.82) is 0 Å². The van der Waals surface area contributed by atoms with Crippen molar-refractivity contribution in [3.8, 4) is 0 Å². The lowest BCUT2D eigenvalue weighted by molar-refractivity contribution is 0.395. The van der Waals surface area contributed by atoms with Gasteiger partial charge in [0.25, 0.3) is 0 Å². The highest BCUT2D eigenvalue weighted by Crippen LogP contribution is 2.24. The van der Waals surface area contributed by atoms with Crippen LogP contribution in [0.2, 0.25) is 0 Å². The van der Waals surface area contributed by atoms with E-state index >= 15 is 0 Å². The molecule has 6 heteroatoms. The monoisotopic (exact) mass is 308 g/mol. The summed E-state index contributed by atoms with van der Waals surface area (Å²) in [5, 5.41) is 11.4. The topological polar surface area (TPSA) is 42.7 Å². The van der Waals surface area contributed by atoms with Gasteiger partial charge in [0, 0.05) is 12.1 Å². The van der Waals surface area contributed by atoms with E-state index in [0.717, 1.165) is 11.4 Å². The van der Waals surface area contributed by atoms with E-state index in [4.69, 9.17) is 0 Å². The fraction of sp³-hybridized carbons (Fsp3) is 0.500. The Kier molecular flexibility index (Phi) is 5.24. The molecule has 1 N–H and O–H groups in total. The van der Waals surface area contributed by atoms with Crippen LogP contribution in [0.3, 0.4) is 0 Å². The maximum atomic E-state index is 13.5. The number of halogens is 2. The molecule has 0 saturated heterocycles. The largest absolute Gasteiger partial charge is 0.314 e. The number of rotatable bonds is 6. The van der Waals surface area contributed by atoms with Crippen molar-refractivity contribution >= 4 is 0 Å². The fourth-order valence-electron chi connectivity index (χ4n) is 2.47. The molecular formula is C16H22F2N4. The summed E-state index contributed by atoms with van der Waals surface area (Å²) in [4.78, 5) is 0. The van der Waals surface area contributed by atoms with E-state index in [1.165, 1.54) is 12.1 Å². The molecule has 1 unspecified atom stereocenters. The summed E-state index contributed by atoms with van der Waals surface area (Å²) >= 11 is 0. The van der Waals surface area contributed by atoms with E-state index in [1.54, 1.807) is 12.4 Å². The van der Waals surface area contributed by atoms with Crippen molar-refractivity contribution in [2.45, 2.75) is 46.3 Å². The molecule has 1 aromatic heterocycles. The van der Waals surface area contributed by atoms with Crippen molar-refractivity contribution in [2.24, 2.45) is 5.92 Å². The van der Waals surface area contributed by atoms with Crippen LogP contribution in [0, 0.1) is 17.6 Å². The predicted octanol–water partition coefficient (Wildman–Crippen LogP) is 3.62. The van der Waals surface area contributed by atoms with Crippen molar-refractivity contribution < 1.29 is 8.78 Å². The maximum Gasteiger partial charge on any atom is 0.159 e. The summed E-state index contributed by atoms with van der Waals surface area (Å²) in [5.74, 6) is -0.607. The van der Waals surface area contributed by atoms with E-state index in [0.29, 0.717) is 6.54 Å². The zero-order valence-electron chi connectivity index (χ0n) is 13.3. The Bertz CT molecular complexity index is 622. The van der Waals surface area contributed by atoms with Crippen molar-refractivity contribution in [3.05, 3.63) is 47.5 Å². The quantitative estimate of drug-likeness (QED) is 0.886. The maximum absolute atomic E-state index is 13.5. The van der Waals surface area contributed by atoms with Gasteiger partial charge in [-0.2, -0.15) is 0 Å². The smallest absolute Gasteiger partial charge is 0.159 e. The normalized spacial score (nSPS) is 13.1. The minimum Gasteiger partial charge on any atom is -0.314 e. The van der Waals surface area contributed by atoms with Crippen LogP contribution in [0.15, 0.2) is 24.5 Å². The summed E-state index contributed by atoms with van der Waals surface area (Å²) in [6, 6.07) is 4.21. The number of hydrogen-bond donors (Lipinski definition) is 1. The second kappa shape index (κ2) is 6.96. The molecule has 0 spiro atoms. The van der Waals surface area contributed by atoms with E-state index in [2.05, 4.69) is 29.4 Å². The highest BCUT2D eigenvalue weighted by Gasteiger charge is 2.18. The van der Waals surface area contributed by atoms with E-state index in [-0.39, 0.29) is 18.0 Å². The Balaban J connectivity index is 2.15. The van der Waals surface area contributed by atoms with Gasteiger partial charge in [-0.05, 0) is 37.5 Å². The minimum atomic E-state index is -0.828. The van der Waals surface area contributed by atoms with Crippen LogP contribution >= 0.6 is 0 Å². The molecule has 0 aliphatic carbocycles. The Morgan fingerprint density at radius 2 is 1.86 bits per heavy atom. The molecule has 4 nitrogen and oxygen atoms in total. The third-order valence-corrected chi connectivity index (χ3v) is 3.65. The zero-order valence-corrected chi connectivity index (χ0v) is 13.3. The second-order valence-electron chi connectivity index (χ2n) is 6.02. The summed E-state index contributed by atoms with van der Waals surface area (Å²) in [6.45, 7) is 8.70. The number of nitrogens with one attached hydrogen (secondary N) is 1. The summed E-state index contributed by atoms with van der Waals surface area (Å²) in [6.07, 6.45) is 1.70.